The lowest BCUT2D eigenvalue weighted by Gasteiger charge is -2.45. The van der Waals surface area contributed by atoms with Crippen molar-refractivity contribution >= 4 is 5.91 Å². The highest BCUT2D eigenvalue weighted by Crippen LogP contribution is 2.43. The van der Waals surface area contributed by atoms with E-state index in [1.807, 2.05) is 6.20 Å². The zero-order valence-electron chi connectivity index (χ0n) is 15.1. The largest absolute Gasteiger partial charge is 0.342 e. The lowest BCUT2D eigenvalue weighted by Crippen LogP contribution is -2.52. The number of piperidine rings is 1. The molecular weight excluding hydrogens is 286 g/mol. The summed E-state index contributed by atoms with van der Waals surface area (Å²) in [6.07, 6.45) is 10.6. The molecular formula is C19H31N3O. The monoisotopic (exact) mass is 317 g/mol. The average molecular weight is 317 g/mol. The Bertz CT molecular complexity index is 563. The molecule has 1 aromatic rings. The first-order valence-corrected chi connectivity index (χ1v) is 9.16. The van der Waals surface area contributed by atoms with Gasteiger partial charge in [0.2, 0.25) is 5.91 Å². The second kappa shape index (κ2) is 5.95. The number of likely N-dealkylation sites (tertiary alicyclic amines) is 1. The van der Waals surface area contributed by atoms with Crippen LogP contribution in [-0.2, 0) is 16.8 Å². The van der Waals surface area contributed by atoms with Crippen LogP contribution in [-0.4, -0.2) is 33.7 Å². The number of aromatic nitrogens is 2. The standard InChI is InChI=1S/C19H31N3O/c1-15(2)12-16-13-20-22(14-16)19(4)8-10-21(11-9-19)17(23)18(3)6-5-7-18/h13-15H,5-12H2,1-4H3. The van der Waals surface area contributed by atoms with Gasteiger partial charge in [0.15, 0.2) is 0 Å². The number of carbonyl (C=O) groups excluding carboxylic acids is 1. The highest BCUT2D eigenvalue weighted by molar-refractivity contribution is 5.83. The fraction of sp³-hybridized carbons (Fsp3) is 0.789. The summed E-state index contributed by atoms with van der Waals surface area (Å²) in [5, 5.41) is 4.62. The highest BCUT2D eigenvalue weighted by atomic mass is 16.2. The maximum atomic E-state index is 12.7. The summed E-state index contributed by atoms with van der Waals surface area (Å²) < 4.78 is 2.15. The molecule has 1 aromatic heterocycles. The molecule has 2 fully saturated rings. The molecule has 1 amide bonds. The molecule has 0 radical (unpaired) electrons. The van der Waals surface area contributed by atoms with Crippen LogP contribution in [0.5, 0.6) is 0 Å². The van der Waals surface area contributed by atoms with Gasteiger partial charge in [-0.2, -0.15) is 5.10 Å². The number of nitrogens with zero attached hydrogens (tertiary/aromatic N) is 3. The van der Waals surface area contributed by atoms with Gasteiger partial charge < -0.3 is 4.90 Å². The molecule has 1 aliphatic heterocycles. The van der Waals surface area contributed by atoms with Crippen molar-refractivity contribution in [3.05, 3.63) is 18.0 Å². The smallest absolute Gasteiger partial charge is 0.228 e. The molecule has 0 atom stereocenters. The molecule has 0 N–H and O–H groups in total. The zero-order valence-corrected chi connectivity index (χ0v) is 15.1. The minimum Gasteiger partial charge on any atom is -0.342 e. The third-order valence-electron chi connectivity index (χ3n) is 5.93. The molecule has 23 heavy (non-hydrogen) atoms. The average Bonchev–Trinajstić information content (AvgIpc) is 2.93. The van der Waals surface area contributed by atoms with Crippen LogP contribution in [0, 0.1) is 11.3 Å². The van der Waals surface area contributed by atoms with Crippen LogP contribution >= 0.6 is 0 Å². The van der Waals surface area contributed by atoms with E-state index in [1.54, 1.807) is 0 Å². The molecule has 3 rings (SSSR count). The number of amides is 1. The molecule has 0 spiro atoms. The molecule has 128 valence electrons. The molecule has 4 nitrogen and oxygen atoms in total. The maximum Gasteiger partial charge on any atom is 0.228 e. The van der Waals surface area contributed by atoms with Crippen molar-refractivity contribution in [2.24, 2.45) is 11.3 Å². The first-order valence-electron chi connectivity index (χ1n) is 9.16. The van der Waals surface area contributed by atoms with Gasteiger partial charge in [0.05, 0.1) is 11.7 Å². The zero-order chi connectivity index (χ0) is 16.7. The molecule has 0 unspecified atom stereocenters. The van der Waals surface area contributed by atoms with Crippen molar-refractivity contribution in [3.63, 3.8) is 0 Å². The Kier molecular flexibility index (Phi) is 4.28. The van der Waals surface area contributed by atoms with E-state index in [2.05, 4.69) is 48.6 Å². The summed E-state index contributed by atoms with van der Waals surface area (Å²) in [4.78, 5) is 14.8. The van der Waals surface area contributed by atoms with Crippen molar-refractivity contribution in [1.82, 2.24) is 14.7 Å². The van der Waals surface area contributed by atoms with Crippen LogP contribution < -0.4 is 0 Å². The Morgan fingerprint density at radius 2 is 1.87 bits per heavy atom. The topological polar surface area (TPSA) is 38.1 Å². The Hall–Kier alpha value is -1.32. The molecule has 2 aliphatic rings. The second-order valence-corrected chi connectivity index (χ2v) is 8.59. The molecule has 2 heterocycles. The van der Waals surface area contributed by atoms with Gasteiger partial charge >= 0.3 is 0 Å². The number of rotatable bonds is 4. The van der Waals surface area contributed by atoms with Gasteiger partial charge in [-0.15, -0.1) is 0 Å². The van der Waals surface area contributed by atoms with E-state index in [0.29, 0.717) is 11.8 Å². The fourth-order valence-electron chi connectivity index (χ4n) is 3.96. The molecule has 0 bridgehead atoms. The van der Waals surface area contributed by atoms with E-state index in [-0.39, 0.29) is 11.0 Å². The predicted molar refractivity (Wildman–Crippen MR) is 92.2 cm³/mol. The quantitative estimate of drug-likeness (QED) is 0.851. The van der Waals surface area contributed by atoms with Crippen LogP contribution in [0.15, 0.2) is 12.4 Å². The Labute approximate surface area is 140 Å². The maximum absolute atomic E-state index is 12.7. The normalized spacial score (nSPS) is 22.9. The Morgan fingerprint density at radius 1 is 1.22 bits per heavy atom. The minimum absolute atomic E-state index is 0.0481. The lowest BCUT2D eigenvalue weighted by atomic mass is 9.69. The van der Waals surface area contributed by atoms with E-state index in [9.17, 15) is 4.79 Å². The van der Waals surface area contributed by atoms with Crippen molar-refractivity contribution in [2.75, 3.05) is 13.1 Å². The first kappa shape index (κ1) is 16.5. The van der Waals surface area contributed by atoms with Gasteiger partial charge in [0, 0.05) is 24.7 Å². The van der Waals surface area contributed by atoms with Gasteiger partial charge in [-0.05, 0) is 50.5 Å². The van der Waals surface area contributed by atoms with Gasteiger partial charge in [0.25, 0.3) is 0 Å². The third kappa shape index (κ3) is 3.17. The van der Waals surface area contributed by atoms with Crippen LogP contribution in [0.2, 0.25) is 0 Å². The van der Waals surface area contributed by atoms with Crippen molar-refractivity contribution < 1.29 is 4.79 Å². The van der Waals surface area contributed by atoms with E-state index in [1.165, 1.54) is 12.0 Å². The summed E-state index contributed by atoms with van der Waals surface area (Å²) in [6.45, 7) is 10.6. The van der Waals surface area contributed by atoms with Gasteiger partial charge in [0.1, 0.15) is 0 Å². The fourth-order valence-corrected chi connectivity index (χ4v) is 3.96. The van der Waals surface area contributed by atoms with Crippen molar-refractivity contribution in [1.29, 1.82) is 0 Å². The predicted octanol–water partition coefficient (Wildman–Crippen LogP) is 3.61. The van der Waals surface area contributed by atoms with E-state index < -0.39 is 0 Å². The SMILES string of the molecule is CC(C)Cc1cnn(C2(C)CCN(C(=O)C3(C)CCC3)CC2)c1. The minimum atomic E-state index is -0.0656. The Balaban J connectivity index is 1.62. The van der Waals surface area contributed by atoms with Crippen molar-refractivity contribution in [2.45, 2.75) is 71.8 Å². The summed E-state index contributed by atoms with van der Waals surface area (Å²) in [6, 6.07) is 0. The van der Waals surface area contributed by atoms with E-state index in [4.69, 9.17) is 0 Å². The van der Waals surface area contributed by atoms with Crippen LogP contribution in [0.3, 0.4) is 0 Å². The van der Waals surface area contributed by atoms with E-state index in [0.717, 1.165) is 45.2 Å². The molecule has 1 saturated carbocycles. The number of hydrogen-bond acceptors (Lipinski definition) is 2. The summed E-state index contributed by atoms with van der Waals surface area (Å²) in [5.74, 6) is 1.04. The summed E-state index contributed by atoms with van der Waals surface area (Å²) >= 11 is 0. The van der Waals surface area contributed by atoms with Crippen LogP contribution in [0.25, 0.3) is 0 Å². The molecule has 4 heteroatoms. The Morgan fingerprint density at radius 3 is 2.39 bits per heavy atom. The summed E-state index contributed by atoms with van der Waals surface area (Å²) in [7, 11) is 0. The first-order chi connectivity index (χ1) is 10.8. The second-order valence-electron chi connectivity index (χ2n) is 8.59. The number of hydrogen-bond donors (Lipinski definition) is 0. The van der Waals surface area contributed by atoms with Crippen LogP contribution in [0.1, 0.15) is 65.4 Å². The van der Waals surface area contributed by atoms with Gasteiger partial charge in [-0.25, -0.2) is 0 Å². The third-order valence-corrected chi connectivity index (χ3v) is 5.93. The van der Waals surface area contributed by atoms with Crippen LogP contribution in [0.4, 0.5) is 0 Å². The number of carbonyl (C=O) groups is 1. The summed E-state index contributed by atoms with van der Waals surface area (Å²) in [5.41, 5.74) is 1.30. The van der Waals surface area contributed by atoms with Crippen molar-refractivity contribution in [3.8, 4) is 0 Å². The molecule has 0 aromatic carbocycles. The lowest BCUT2D eigenvalue weighted by molar-refractivity contribution is -0.148. The van der Waals surface area contributed by atoms with Gasteiger partial charge in [-0.3, -0.25) is 9.48 Å². The highest BCUT2D eigenvalue weighted by Gasteiger charge is 2.44. The molecule has 1 saturated heterocycles. The van der Waals surface area contributed by atoms with E-state index >= 15 is 0 Å². The van der Waals surface area contributed by atoms with Gasteiger partial charge in [-0.1, -0.05) is 27.2 Å². The molecule has 1 aliphatic carbocycles.